The lowest BCUT2D eigenvalue weighted by atomic mass is 10.3. The van der Waals surface area contributed by atoms with E-state index in [9.17, 15) is 4.79 Å². The molecule has 1 N–H and O–H groups in total. The van der Waals surface area contributed by atoms with Crippen molar-refractivity contribution in [2.45, 2.75) is 0 Å². The van der Waals surface area contributed by atoms with Crippen LogP contribution >= 0.6 is 17.0 Å². The Kier molecular flexibility index (Phi) is 3.01. The fourth-order valence-electron chi connectivity index (χ4n) is 1.10. The molecule has 2 rings (SSSR count). The van der Waals surface area contributed by atoms with Crippen molar-refractivity contribution in [3.63, 3.8) is 0 Å². The number of benzene rings is 1. The van der Waals surface area contributed by atoms with Crippen LogP contribution in [-0.4, -0.2) is 15.9 Å². The smallest absolute Gasteiger partial charge is 0.142 e. The summed E-state index contributed by atoms with van der Waals surface area (Å²) in [5, 5.41) is 0. The van der Waals surface area contributed by atoms with Gasteiger partial charge in [-0.3, -0.25) is 0 Å². The summed E-state index contributed by atoms with van der Waals surface area (Å²) in [6.07, 6.45) is 1.28. The van der Waals surface area contributed by atoms with E-state index in [1.165, 1.54) is 6.08 Å². The van der Waals surface area contributed by atoms with E-state index in [-0.39, 0.29) is 17.0 Å². The Morgan fingerprint density at radius 2 is 2.15 bits per heavy atom. The topological polar surface area (TPSA) is 45.8 Å². The number of halogens is 1. The van der Waals surface area contributed by atoms with Crippen LogP contribution in [0.1, 0.15) is 5.82 Å². The highest BCUT2D eigenvalue weighted by Gasteiger charge is 1.96. The van der Waals surface area contributed by atoms with Gasteiger partial charge in [-0.2, -0.15) is 0 Å². The number of fused-ring (bicyclic) bond motifs is 1. The predicted octanol–water partition coefficient (Wildman–Crippen LogP) is 1.99. The van der Waals surface area contributed by atoms with Gasteiger partial charge in [0.25, 0.3) is 0 Å². The summed E-state index contributed by atoms with van der Waals surface area (Å²) in [6, 6.07) is 7.60. The molecule has 13 heavy (non-hydrogen) atoms. The van der Waals surface area contributed by atoms with E-state index in [1.54, 1.807) is 5.94 Å². The van der Waals surface area contributed by atoms with Crippen LogP contribution in [0.25, 0.3) is 17.1 Å². The molecule has 0 spiro atoms. The quantitative estimate of drug-likeness (QED) is 0.773. The van der Waals surface area contributed by atoms with Gasteiger partial charge < -0.3 is 4.98 Å². The number of nitrogens with one attached hydrogen (secondary N) is 1. The summed E-state index contributed by atoms with van der Waals surface area (Å²) in [6.45, 7) is 0. The molecule has 0 fully saturated rings. The number of rotatable bonds is 1. The third-order valence-corrected chi connectivity index (χ3v) is 1.60. The molecule has 0 bridgehead atoms. The van der Waals surface area contributed by atoms with Gasteiger partial charge in [-0.15, -0.1) is 17.0 Å². The van der Waals surface area contributed by atoms with E-state index in [1.807, 2.05) is 24.3 Å². The molecule has 0 saturated carbocycles. The minimum absolute atomic E-state index is 0. The summed E-state index contributed by atoms with van der Waals surface area (Å²) in [5.41, 5.74) is 1.79. The van der Waals surface area contributed by atoms with Crippen LogP contribution in [0.15, 0.2) is 24.3 Å². The lowest BCUT2D eigenvalue weighted by molar-refractivity contribution is 0.570. The molecular formula is C9H7BrN2O. The third kappa shape index (κ3) is 1.86. The van der Waals surface area contributed by atoms with Crippen LogP contribution in [0.3, 0.4) is 0 Å². The van der Waals surface area contributed by atoms with Crippen molar-refractivity contribution in [3.05, 3.63) is 30.1 Å². The summed E-state index contributed by atoms with van der Waals surface area (Å²) in [4.78, 5) is 17.1. The van der Waals surface area contributed by atoms with Crippen molar-refractivity contribution in [2.75, 3.05) is 0 Å². The van der Waals surface area contributed by atoms with Crippen molar-refractivity contribution >= 4 is 40.0 Å². The average Bonchev–Trinajstić information content (AvgIpc) is 2.47. The molecule has 1 heterocycles. The van der Waals surface area contributed by atoms with Crippen molar-refractivity contribution in [1.29, 1.82) is 0 Å². The van der Waals surface area contributed by atoms with Crippen LogP contribution in [0.4, 0.5) is 0 Å². The standard InChI is InChI=1S/C9H6N2O.BrH/c12-6-5-9-10-7-3-1-2-4-8(7)11-9;/h1-5H,(H,10,11);1H. The molecule has 0 aliphatic rings. The Morgan fingerprint density at radius 1 is 1.38 bits per heavy atom. The van der Waals surface area contributed by atoms with Crippen LogP contribution in [0.2, 0.25) is 0 Å². The number of aromatic nitrogens is 2. The molecule has 1 aromatic heterocycles. The van der Waals surface area contributed by atoms with Gasteiger partial charge in [0.05, 0.1) is 17.1 Å². The Labute approximate surface area is 85.3 Å². The Morgan fingerprint density at radius 3 is 2.85 bits per heavy atom. The Balaban J connectivity index is 0.000000845. The van der Waals surface area contributed by atoms with E-state index < -0.39 is 0 Å². The van der Waals surface area contributed by atoms with Crippen LogP contribution < -0.4 is 0 Å². The maximum Gasteiger partial charge on any atom is 0.142 e. The van der Waals surface area contributed by atoms with Crippen molar-refractivity contribution in [2.24, 2.45) is 0 Å². The number of para-hydroxylation sites is 2. The summed E-state index contributed by atoms with van der Waals surface area (Å²) in [5.74, 6) is 2.22. The van der Waals surface area contributed by atoms with E-state index >= 15 is 0 Å². The van der Waals surface area contributed by atoms with Crippen molar-refractivity contribution < 1.29 is 4.79 Å². The highest BCUT2D eigenvalue weighted by atomic mass is 79.9. The Hall–Kier alpha value is -1.38. The van der Waals surface area contributed by atoms with Gasteiger partial charge in [0.2, 0.25) is 0 Å². The molecule has 0 atom stereocenters. The molecule has 3 nitrogen and oxygen atoms in total. The predicted molar refractivity (Wildman–Crippen MR) is 56.6 cm³/mol. The maximum absolute atomic E-state index is 10.0. The van der Waals surface area contributed by atoms with Gasteiger partial charge in [0, 0.05) is 0 Å². The lowest BCUT2D eigenvalue weighted by Gasteiger charge is -1.81. The minimum Gasteiger partial charge on any atom is -0.338 e. The van der Waals surface area contributed by atoms with Gasteiger partial charge in [-0.1, -0.05) is 12.1 Å². The number of aromatic amines is 1. The number of hydrogen-bond acceptors (Lipinski definition) is 2. The summed E-state index contributed by atoms with van der Waals surface area (Å²) < 4.78 is 0. The number of H-pyrrole nitrogens is 1. The van der Waals surface area contributed by atoms with Gasteiger partial charge >= 0.3 is 0 Å². The molecule has 0 unspecified atom stereocenters. The van der Waals surface area contributed by atoms with E-state index in [2.05, 4.69) is 9.97 Å². The number of carbonyl (C=O) groups excluding carboxylic acids is 1. The summed E-state index contributed by atoms with van der Waals surface area (Å²) >= 11 is 0. The molecule has 2 aromatic rings. The highest BCUT2D eigenvalue weighted by Crippen LogP contribution is 2.09. The first-order valence-corrected chi connectivity index (χ1v) is 3.56. The normalized spacial score (nSPS) is 8.92. The first kappa shape index (κ1) is 9.71. The molecule has 0 radical (unpaired) electrons. The largest absolute Gasteiger partial charge is 0.338 e. The first-order valence-electron chi connectivity index (χ1n) is 3.56. The van der Waals surface area contributed by atoms with Crippen molar-refractivity contribution in [1.82, 2.24) is 9.97 Å². The molecule has 0 amide bonds. The zero-order valence-electron chi connectivity index (χ0n) is 6.65. The highest BCUT2D eigenvalue weighted by molar-refractivity contribution is 8.93. The second kappa shape index (κ2) is 4.03. The number of hydrogen-bond donors (Lipinski definition) is 1. The number of imidazole rings is 1. The number of nitrogens with zero attached hydrogens (tertiary/aromatic N) is 1. The fourth-order valence-corrected chi connectivity index (χ4v) is 1.10. The first-order chi connectivity index (χ1) is 5.90. The molecule has 66 valence electrons. The molecular weight excluding hydrogens is 232 g/mol. The monoisotopic (exact) mass is 238 g/mol. The second-order valence-corrected chi connectivity index (χ2v) is 2.40. The Bertz CT molecular complexity index is 424. The molecule has 0 saturated heterocycles. The van der Waals surface area contributed by atoms with Crippen molar-refractivity contribution in [3.8, 4) is 0 Å². The van der Waals surface area contributed by atoms with E-state index in [0.29, 0.717) is 5.82 Å². The van der Waals surface area contributed by atoms with Crippen LogP contribution in [0.5, 0.6) is 0 Å². The molecule has 0 aliphatic heterocycles. The van der Waals surface area contributed by atoms with Gasteiger partial charge in [-0.05, 0) is 12.1 Å². The molecule has 1 aromatic carbocycles. The van der Waals surface area contributed by atoms with Gasteiger partial charge in [0.15, 0.2) is 0 Å². The zero-order valence-corrected chi connectivity index (χ0v) is 8.36. The van der Waals surface area contributed by atoms with Gasteiger partial charge in [-0.25, -0.2) is 9.78 Å². The SMILES string of the molecule is Br.O=C=Cc1nc2ccccc2[nH]1. The van der Waals surface area contributed by atoms with Crippen LogP contribution in [-0.2, 0) is 4.79 Å². The fraction of sp³-hybridized carbons (Fsp3) is 0. The maximum atomic E-state index is 10.0. The van der Waals surface area contributed by atoms with Gasteiger partial charge in [0.1, 0.15) is 11.8 Å². The van der Waals surface area contributed by atoms with E-state index in [4.69, 9.17) is 0 Å². The van der Waals surface area contributed by atoms with E-state index in [0.717, 1.165) is 11.0 Å². The molecule has 0 aliphatic carbocycles. The van der Waals surface area contributed by atoms with Crippen LogP contribution in [0, 0.1) is 0 Å². The average molecular weight is 239 g/mol. The minimum atomic E-state index is 0. The molecule has 4 heteroatoms. The summed E-state index contributed by atoms with van der Waals surface area (Å²) in [7, 11) is 0. The second-order valence-electron chi connectivity index (χ2n) is 2.40. The zero-order chi connectivity index (χ0) is 8.39. The third-order valence-electron chi connectivity index (χ3n) is 1.60. The lowest BCUT2D eigenvalue weighted by Crippen LogP contribution is -1.71.